The number of likely N-dealkylation sites (tertiary alicyclic amines) is 1. The number of rotatable bonds is 3. The van der Waals surface area contributed by atoms with Crippen LogP contribution in [0.2, 0.25) is 0 Å². The van der Waals surface area contributed by atoms with Crippen molar-refractivity contribution < 1.29 is 14.6 Å². The Hall–Kier alpha value is -2.60. The minimum absolute atomic E-state index is 0.215. The third-order valence-corrected chi connectivity index (χ3v) is 4.64. The molecule has 0 aliphatic carbocycles. The van der Waals surface area contributed by atoms with Gasteiger partial charge in [0.15, 0.2) is 0 Å². The van der Waals surface area contributed by atoms with Crippen LogP contribution in [0.4, 0.5) is 0 Å². The maximum absolute atomic E-state index is 13.0. The first kappa shape index (κ1) is 18.2. The van der Waals surface area contributed by atoms with E-state index in [1.807, 2.05) is 6.07 Å². The largest absolute Gasteiger partial charge is 0.496 e. The third kappa shape index (κ3) is 3.24. The van der Waals surface area contributed by atoms with Crippen LogP contribution in [0.5, 0.6) is 5.75 Å². The van der Waals surface area contributed by atoms with Crippen LogP contribution in [0, 0.1) is 0 Å². The Labute approximate surface area is 152 Å². The molecule has 1 amide bonds. The highest BCUT2D eigenvalue weighted by atomic mass is 16.5. The van der Waals surface area contributed by atoms with Crippen molar-refractivity contribution in [2.75, 3.05) is 20.2 Å². The van der Waals surface area contributed by atoms with E-state index in [0.717, 1.165) is 5.56 Å². The van der Waals surface area contributed by atoms with Gasteiger partial charge in [0.25, 0.3) is 11.5 Å². The van der Waals surface area contributed by atoms with Crippen LogP contribution in [0.3, 0.4) is 0 Å². The molecule has 1 aromatic carbocycles. The summed E-state index contributed by atoms with van der Waals surface area (Å²) in [7, 11) is 1.57. The average Bonchev–Trinajstić information content (AvgIpc) is 2.57. The predicted molar refractivity (Wildman–Crippen MR) is 99.7 cm³/mol. The fourth-order valence-corrected chi connectivity index (χ4v) is 3.16. The second kappa shape index (κ2) is 6.61. The highest BCUT2D eigenvalue weighted by Gasteiger charge is 2.32. The number of carbonyl (C=O) groups excluding carboxylic acids is 1. The summed E-state index contributed by atoms with van der Waals surface area (Å²) in [5.41, 5.74) is 1.84. The minimum atomic E-state index is -0.488. The number of hydrogen-bond acceptors (Lipinski definition) is 4. The molecule has 1 saturated heterocycles. The van der Waals surface area contributed by atoms with Gasteiger partial charge in [0, 0.05) is 36.0 Å². The number of ether oxygens (including phenoxy) is 1. The van der Waals surface area contributed by atoms with Gasteiger partial charge in [0.05, 0.1) is 18.8 Å². The zero-order valence-electron chi connectivity index (χ0n) is 15.5. The monoisotopic (exact) mass is 356 g/mol. The SMILES string of the molecule is COc1cc(C(=O)N2CC(O)C2)c(-c2ccc[nH]c2=O)cc1C(C)(C)C. The summed E-state index contributed by atoms with van der Waals surface area (Å²) < 4.78 is 5.53. The molecule has 3 rings (SSSR count). The lowest BCUT2D eigenvalue weighted by Crippen LogP contribution is -2.53. The van der Waals surface area contributed by atoms with Gasteiger partial charge in [-0.1, -0.05) is 20.8 Å². The van der Waals surface area contributed by atoms with Gasteiger partial charge in [0.2, 0.25) is 0 Å². The van der Waals surface area contributed by atoms with E-state index in [0.29, 0.717) is 35.5 Å². The second-order valence-electron chi connectivity index (χ2n) is 7.62. The summed E-state index contributed by atoms with van der Waals surface area (Å²) in [4.78, 5) is 29.5. The van der Waals surface area contributed by atoms with Crippen LogP contribution in [0.25, 0.3) is 11.1 Å². The molecule has 1 aromatic heterocycles. The van der Waals surface area contributed by atoms with Crippen LogP contribution in [-0.4, -0.2) is 47.2 Å². The Morgan fingerprint density at radius 1 is 1.27 bits per heavy atom. The Morgan fingerprint density at radius 3 is 2.50 bits per heavy atom. The average molecular weight is 356 g/mol. The van der Waals surface area contributed by atoms with E-state index in [-0.39, 0.29) is 16.9 Å². The summed E-state index contributed by atoms with van der Waals surface area (Å²) in [6, 6.07) is 7.01. The number of carbonyl (C=O) groups is 1. The zero-order chi connectivity index (χ0) is 19.1. The smallest absolute Gasteiger partial charge is 0.255 e. The van der Waals surface area contributed by atoms with Gasteiger partial charge in [0.1, 0.15) is 5.75 Å². The highest BCUT2D eigenvalue weighted by molar-refractivity contribution is 6.02. The van der Waals surface area contributed by atoms with E-state index < -0.39 is 6.10 Å². The topological polar surface area (TPSA) is 82.6 Å². The summed E-state index contributed by atoms with van der Waals surface area (Å²) in [6.45, 7) is 6.75. The zero-order valence-corrected chi connectivity index (χ0v) is 15.5. The molecule has 6 nitrogen and oxygen atoms in total. The van der Waals surface area contributed by atoms with E-state index in [1.54, 1.807) is 36.4 Å². The molecule has 0 unspecified atom stereocenters. The number of aromatic nitrogens is 1. The molecule has 2 aromatic rings. The molecule has 1 aliphatic rings. The van der Waals surface area contributed by atoms with Crippen molar-refractivity contribution in [3.63, 3.8) is 0 Å². The number of aliphatic hydroxyl groups is 1. The van der Waals surface area contributed by atoms with Gasteiger partial charge < -0.3 is 19.7 Å². The normalized spacial score (nSPS) is 14.9. The van der Waals surface area contributed by atoms with E-state index in [4.69, 9.17) is 4.74 Å². The molecule has 1 aliphatic heterocycles. The van der Waals surface area contributed by atoms with E-state index >= 15 is 0 Å². The number of β-amino-alcohol motifs (C(OH)–C–C–N with tert-alkyl or cyclic N) is 1. The molecule has 2 N–H and O–H groups in total. The first-order chi connectivity index (χ1) is 12.2. The maximum atomic E-state index is 13.0. The van der Waals surface area contributed by atoms with Gasteiger partial charge in [-0.2, -0.15) is 0 Å². The molecule has 6 heteroatoms. The van der Waals surface area contributed by atoms with Crippen molar-refractivity contribution in [3.05, 3.63) is 51.9 Å². The molecular formula is C20H24N2O4. The van der Waals surface area contributed by atoms with E-state index in [9.17, 15) is 14.7 Å². The summed E-state index contributed by atoms with van der Waals surface area (Å²) in [5.74, 6) is 0.394. The lowest BCUT2D eigenvalue weighted by Gasteiger charge is -2.36. The molecule has 2 heterocycles. The maximum Gasteiger partial charge on any atom is 0.255 e. The van der Waals surface area contributed by atoms with E-state index in [1.165, 1.54) is 0 Å². The second-order valence-corrected chi connectivity index (χ2v) is 7.62. The van der Waals surface area contributed by atoms with Gasteiger partial charge in [-0.25, -0.2) is 0 Å². The number of amides is 1. The number of methoxy groups -OCH3 is 1. The minimum Gasteiger partial charge on any atom is -0.496 e. The number of pyridine rings is 1. The third-order valence-electron chi connectivity index (χ3n) is 4.64. The van der Waals surface area contributed by atoms with Gasteiger partial charge in [-0.15, -0.1) is 0 Å². The van der Waals surface area contributed by atoms with Crippen molar-refractivity contribution in [1.82, 2.24) is 9.88 Å². The number of aliphatic hydroxyl groups excluding tert-OH is 1. The number of hydrogen-bond donors (Lipinski definition) is 2. The van der Waals surface area contributed by atoms with Gasteiger partial charge in [-0.05, 0) is 29.7 Å². The summed E-state index contributed by atoms with van der Waals surface area (Å²) in [6.07, 6.45) is 1.08. The van der Waals surface area contributed by atoms with Crippen molar-refractivity contribution in [2.24, 2.45) is 0 Å². The molecule has 0 radical (unpaired) electrons. The van der Waals surface area contributed by atoms with Crippen molar-refractivity contribution in [3.8, 4) is 16.9 Å². The van der Waals surface area contributed by atoms with Crippen molar-refractivity contribution >= 4 is 5.91 Å². The molecule has 1 fully saturated rings. The highest BCUT2D eigenvalue weighted by Crippen LogP contribution is 2.37. The van der Waals surface area contributed by atoms with Crippen LogP contribution in [-0.2, 0) is 5.41 Å². The van der Waals surface area contributed by atoms with Crippen LogP contribution < -0.4 is 10.3 Å². The number of aromatic amines is 1. The molecule has 0 bridgehead atoms. The molecule has 26 heavy (non-hydrogen) atoms. The molecule has 0 spiro atoms. The van der Waals surface area contributed by atoms with Gasteiger partial charge in [-0.3, -0.25) is 9.59 Å². The fraction of sp³-hybridized carbons (Fsp3) is 0.400. The first-order valence-electron chi connectivity index (χ1n) is 8.60. The fourth-order valence-electron chi connectivity index (χ4n) is 3.16. The lowest BCUT2D eigenvalue weighted by molar-refractivity contribution is 0.00592. The molecular weight excluding hydrogens is 332 g/mol. The van der Waals surface area contributed by atoms with Crippen molar-refractivity contribution in [1.29, 1.82) is 0 Å². The standard InChI is InChI=1S/C20H24N2O4/c1-20(2,3)16-8-14(13-6-5-7-21-18(13)24)15(9-17(16)26-4)19(25)22-10-12(23)11-22/h5-9,12,23H,10-11H2,1-4H3,(H,21,24). The van der Waals surface area contributed by atoms with Gasteiger partial charge >= 0.3 is 0 Å². The quantitative estimate of drug-likeness (QED) is 0.883. The molecule has 0 saturated carbocycles. The van der Waals surface area contributed by atoms with Crippen LogP contribution in [0.1, 0.15) is 36.7 Å². The number of benzene rings is 1. The Morgan fingerprint density at radius 2 is 1.96 bits per heavy atom. The lowest BCUT2D eigenvalue weighted by atomic mass is 9.83. The van der Waals surface area contributed by atoms with Crippen LogP contribution >= 0.6 is 0 Å². The Kier molecular flexibility index (Phi) is 4.63. The van der Waals surface area contributed by atoms with Crippen molar-refractivity contribution in [2.45, 2.75) is 32.3 Å². The summed E-state index contributed by atoms with van der Waals surface area (Å²) >= 11 is 0. The summed E-state index contributed by atoms with van der Waals surface area (Å²) in [5, 5.41) is 9.52. The Bertz CT molecular complexity index is 889. The molecule has 0 atom stereocenters. The Balaban J connectivity index is 2.23. The van der Waals surface area contributed by atoms with Crippen LogP contribution in [0.15, 0.2) is 35.3 Å². The predicted octanol–water partition coefficient (Wildman–Crippen LogP) is 2.16. The van der Waals surface area contributed by atoms with E-state index in [2.05, 4.69) is 25.8 Å². The first-order valence-corrected chi connectivity index (χ1v) is 8.60. The molecule has 138 valence electrons. The number of nitrogens with one attached hydrogen (secondary N) is 1. The number of nitrogens with zero attached hydrogens (tertiary/aromatic N) is 1. The number of H-pyrrole nitrogens is 1.